The van der Waals surface area contributed by atoms with Crippen molar-refractivity contribution >= 4 is 23.0 Å². The summed E-state index contributed by atoms with van der Waals surface area (Å²) in [6.45, 7) is 7.61. The van der Waals surface area contributed by atoms with Gasteiger partial charge in [-0.25, -0.2) is 4.39 Å². The van der Waals surface area contributed by atoms with Crippen LogP contribution in [0.2, 0.25) is 5.02 Å². The van der Waals surface area contributed by atoms with E-state index in [1.54, 1.807) is 12.1 Å². The average molecular weight is 459 g/mol. The van der Waals surface area contributed by atoms with Gasteiger partial charge in [-0.2, -0.15) is 0 Å². The summed E-state index contributed by atoms with van der Waals surface area (Å²) in [5, 5.41) is 0.777. The maximum Gasteiger partial charge on any atom is 0.123 e. The summed E-state index contributed by atoms with van der Waals surface area (Å²) in [5.74, 6) is -0.214. The highest BCUT2D eigenvalue weighted by atomic mass is 35.5. The van der Waals surface area contributed by atoms with Crippen LogP contribution in [0.3, 0.4) is 0 Å². The molecule has 0 aromatic heterocycles. The fourth-order valence-corrected chi connectivity index (χ4v) is 6.77. The molecule has 1 aliphatic carbocycles. The van der Waals surface area contributed by atoms with E-state index in [-0.39, 0.29) is 11.2 Å². The first-order chi connectivity index (χ1) is 15.9. The highest BCUT2D eigenvalue weighted by molar-refractivity contribution is 6.31. The van der Waals surface area contributed by atoms with Crippen molar-refractivity contribution < 1.29 is 4.39 Å². The number of aryl methyl sites for hydroxylation is 1. The lowest BCUT2D eigenvalue weighted by molar-refractivity contribution is 0.356. The van der Waals surface area contributed by atoms with E-state index in [1.807, 2.05) is 18.2 Å². The van der Waals surface area contributed by atoms with E-state index in [4.69, 9.17) is 11.6 Å². The van der Waals surface area contributed by atoms with E-state index in [0.29, 0.717) is 6.17 Å². The van der Waals surface area contributed by atoms with Gasteiger partial charge in [-0.15, -0.1) is 0 Å². The topological polar surface area (TPSA) is 6.48 Å². The molecule has 2 atom stereocenters. The lowest BCUT2D eigenvalue weighted by Gasteiger charge is -2.43. The van der Waals surface area contributed by atoms with Gasteiger partial charge in [0, 0.05) is 41.0 Å². The second-order valence-electron chi connectivity index (χ2n) is 9.94. The van der Waals surface area contributed by atoms with Gasteiger partial charge in [0.15, 0.2) is 0 Å². The second-order valence-corrected chi connectivity index (χ2v) is 10.3. The second kappa shape index (κ2) is 7.36. The number of fused-ring (bicyclic) bond motifs is 3. The van der Waals surface area contributed by atoms with Crippen LogP contribution in [-0.4, -0.2) is 24.7 Å². The third-order valence-electron chi connectivity index (χ3n) is 8.05. The van der Waals surface area contributed by atoms with E-state index in [2.05, 4.69) is 54.6 Å². The summed E-state index contributed by atoms with van der Waals surface area (Å²) in [7, 11) is 2.21. The molecule has 2 heterocycles. The first kappa shape index (κ1) is 20.8. The summed E-state index contributed by atoms with van der Waals surface area (Å²) in [5.41, 5.74) is 9.37. The van der Waals surface area contributed by atoms with Gasteiger partial charge in [0.1, 0.15) is 12.0 Å². The Balaban J connectivity index is 1.51. The van der Waals surface area contributed by atoms with Crippen molar-refractivity contribution in [3.05, 3.63) is 105 Å². The van der Waals surface area contributed by atoms with E-state index in [0.717, 1.165) is 46.8 Å². The number of halogens is 2. The Kier molecular flexibility index (Phi) is 4.64. The number of hydrogen-bond donors (Lipinski definition) is 0. The largest absolute Gasteiger partial charge is 0.354 e. The van der Waals surface area contributed by atoms with Crippen molar-refractivity contribution in [3.8, 4) is 0 Å². The van der Waals surface area contributed by atoms with Crippen molar-refractivity contribution in [1.29, 1.82) is 0 Å². The number of anilines is 1. The maximum absolute atomic E-state index is 13.9. The van der Waals surface area contributed by atoms with Gasteiger partial charge >= 0.3 is 0 Å². The van der Waals surface area contributed by atoms with Gasteiger partial charge in [-0.3, -0.25) is 0 Å². The van der Waals surface area contributed by atoms with Crippen LogP contribution in [0.15, 0.2) is 61.2 Å². The van der Waals surface area contributed by atoms with Crippen LogP contribution in [0.25, 0.3) is 5.70 Å². The van der Waals surface area contributed by atoms with Crippen LogP contribution in [0.5, 0.6) is 0 Å². The fraction of sp³-hybridized carbons (Fsp3) is 0.310. The zero-order valence-corrected chi connectivity index (χ0v) is 19.9. The summed E-state index contributed by atoms with van der Waals surface area (Å²) in [4.78, 5) is 4.88. The molecular weight excluding hydrogens is 431 g/mol. The molecule has 168 valence electrons. The van der Waals surface area contributed by atoms with E-state index in [1.165, 1.54) is 35.2 Å². The van der Waals surface area contributed by atoms with Crippen molar-refractivity contribution in [2.24, 2.45) is 0 Å². The molecule has 3 aromatic carbocycles. The third kappa shape index (κ3) is 3.05. The molecule has 0 spiro atoms. The van der Waals surface area contributed by atoms with Crippen molar-refractivity contribution in [2.75, 3.05) is 18.5 Å². The Morgan fingerprint density at radius 1 is 1.03 bits per heavy atom. The van der Waals surface area contributed by atoms with Crippen molar-refractivity contribution in [3.63, 3.8) is 0 Å². The molecule has 2 aliphatic heterocycles. The van der Waals surface area contributed by atoms with Crippen LogP contribution >= 0.6 is 11.6 Å². The highest BCUT2D eigenvalue weighted by Gasteiger charge is 2.44. The SMILES string of the molecule is C=C1c2cc3c(cc2N(C)C2CCCN12)CC(c1ccc(F)cc1)(c1ccc(C)cc1Cl)C3. The predicted octanol–water partition coefficient (Wildman–Crippen LogP) is 6.71. The number of hydrogen-bond acceptors (Lipinski definition) is 2. The molecule has 0 N–H and O–H groups in total. The summed E-state index contributed by atoms with van der Waals surface area (Å²) >= 11 is 6.86. The molecule has 6 rings (SSSR count). The minimum Gasteiger partial charge on any atom is -0.354 e. The summed E-state index contributed by atoms with van der Waals surface area (Å²) in [6.07, 6.45) is 4.47. The minimum absolute atomic E-state index is 0.214. The molecule has 1 saturated heterocycles. The lowest BCUT2D eigenvalue weighted by Crippen LogP contribution is -2.45. The monoisotopic (exact) mass is 458 g/mol. The van der Waals surface area contributed by atoms with Crippen molar-refractivity contribution in [1.82, 2.24) is 4.90 Å². The molecule has 0 bridgehead atoms. The molecule has 0 amide bonds. The lowest BCUT2D eigenvalue weighted by atomic mass is 9.72. The molecule has 0 saturated carbocycles. The normalized spacial score (nSPS) is 23.5. The molecule has 33 heavy (non-hydrogen) atoms. The number of benzene rings is 3. The van der Waals surface area contributed by atoms with Crippen LogP contribution in [0.4, 0.5) is 10.1 Å². The Morgan fingerprint density at radius 2 is 1.76 bits per heavy atom. The van der Waals surface area contributed by atoms with Gasteiger partial charge in [0.25, 0.3) is 0 Å². The molecule has 0 radical (unpaired) electrons. The van der Waals surface area contributed by atoms with Gasteiger partial charge in [0.05, 0.1) is 0 Å². The Bertz CT molecular complexity index is 1280. The minimum atomic E-state index is -0.319. The van der Waals surface area contributed by atoms with Crippen LogP contribution < -0.4 is 4.90 Å². The Labute approximate surface area is 200 Å². The van der Waals surface area contributed by atoms with Gasteiger partial charge in [0.2, 0.25) is 0 Å². The molecule has 4 heteroatoms. The number of rotatable bonds is 2. The Morgan fingerprint density at radius 3 is 2.48 bits per heavy atom. The summed E-state index contributed by atoms with van der Waals surface area (Å²) in [6, 6.07) is 18.1. The van der Waals surface area contributed by atoms with Gasteiger partial charge < -0.3 is 9.80 Å². The standard InChI is InChI=1S/C29H28ClFN2/c1-18-6-11-25(26(30)13-18)29(22-7-9-23(31)10-8-22)16-20-14-24-19(2)33-12-4-5-28(33)32(3)27(24)15-21(20)17-29/h6-11,13-15,28H,2,4-5,12,16-17H2,1,3H3. The Hall–Kier alpha value is -2.78. The molecular formula is C29H28ClFN2. The fourth-order valence-electron chi connectivity index (χ4n) is 6.35. The maximum atomic E-state index is 13.9. The van der Waals surface area contributed by atoms with E-state index >= 15 is 0 Å². The first-order valence-corrected chi connectivity index (χ1v) is 12.1. The third-order valence-corrected chi connectivity index (χ3v) is 8.36. The van der Waals surface area contributed by atoms with Crippen LogP contribution in [-0.2, 0) is 18.3 Å². The molecule has 3 aliphatic rings. The summed E-state index contributed by atoms with van der Waals surface area (Å²) < 4.78 is 13.9. The van der Waals surface area contributed by atoms with Crippen LogP contribution in [0, 0.1) is 12.7 Å². The van der Waals surface area contributed by atoms with E-state index < -0.39 is 0 Å². The average Bonchev–Trinajstić information content (AvgIpc) is 3.42. The quantitative estimate of drug-likeness (QED) is 0.420. The zero-order valence-electron chi connectivity index (χ0n) is 19.2. The smallest absolute Gasteiger partial charge is 0.123 e. The molecule has 2 unspecified atom stereocenters. The van der Waals surface area contributed by atoms with Crippen molar-refractivity contribution in [2.45, 2.75) is 44.2 Å². The van der Waals surface area contributed by atoms with Gasteiger partial charge in [-0.1, -0.05) is 42.4 Å². The molecule has 1 fully saturated rings. The predicted molar refractivity (Wildman–Crippen MR) is 134 cm³/mol. The zero-order chi connectivity index (χ0) is 22.9. The highest BCUT2D eigenvalue weighted by Crippen LogP contribution is 2.50. The number of nitrogens with zero attached hydrogens (tertiary/aromatic N) is 2. The van der Waals surface area contributed by atoms with E-state index in [9.17, 15) is 4.39 Å². The van der Waals surface area contributed by atoms with Gasteiger partial charge in [-0.05, 0) is 90.8 Å². The molecule has 3 aromatic rings. The first-order valence-electron chi connectivity index (χ1n) is 11.7. The molecule has 2 nitrogen and oxygen atoms in total. The van der Waals surface area contributed by atoms with Crippen LogP contribution in [0.1, 0.15) is 46.2 Å².